The third kappa shape index (κ3) is 2.62. The molecule has 0 aliphatic heterocycles. The van der Waals surface area contributed by atoms with E-state index in [9.17, 15) is 14.9 Å². The Bertz CT molecular complexity index is 918. The highest BCUT2D eigenvalue weighted by molar-refractivity contribution is 5.88. The minimum atomic E-state index is -0.973. The quantitative estimate of drug-likeness (QED) is 0.578. The van der Waals surface area contributed by atoms with Crippen LogP contribution in [0, 0.1) is 10.1 Å². The van der Waals surface area contributed by atoms with E-state index in [0.29, 0.717) is 11.8 Å². The molecular formula is C18H17N3O3. The van der Waals surface area contributed by atoms with Crippen molar-refractivity contribution in [2.45, 2.75) is 18.9 Å². The topological polar surface area (TPSA) is 91.2 Å². The number of carbonyl (C=O) groups excluding carboxylic acids is 1. The normalized spacial score (nSPS) is 13.5. The fraction of sp³-hybridized carbons (Fsp3) is 0.167. The highest BCUT2D eigenvalue weighted by Crippen LogP contribution is 2.29. The van der Waals surface area contributed by atoms with E-state index in [-0.39, 0.29) is 5.69 Å². The van der Waals surface area contributed by atoms with Crippen molar-refractivity contribution in [2.75, 3.05) is 0 Å². The number of benzene rings is 2. The summed E-state index contributed by atoms with van der Waals surface area (Å²) in [6.07, 6.45) is 2.19. The van der Waals surface area contributed by atoms with Crippen molar-refractivity contribution in [1.82, 2.24) is 4.57 Å². The molecule has 1 atom stereocenters. The minimum Gasteiger partial charge on any atom is -0.368 e. The predicted octanol–water partition coefficient (Wildman–Crippen LogP) is 2.99. The summed E-state index contributed by atoms with van der Waals surface area (Å²) >= 11 is 0. The van der Waals surface area contributed by atoms with Gasteiger partial charge in [0.15, 0.2) is 0 Å². The Morgan fingerprint density at radius 3 is 2.54 bits per heavy atom. The zero-order valence-corrected chi connectivity index (χ0v) is 13.2. The van der Waals surface area contributed by atoms with E-state index in [1.807, 2.05) is 30.3 Å². The monoisotopic (exact) mass is 323 g/mol. The summed E-state index contributed by atoms with van der Waals surface area (Å²) in [5, 5.41) is 11.6. The molecule has 1 amide bonds. The first kappa shape index (κ1) is 15.7. The molecule has 0 saturated carbocycles. The number of fused-ring (bicyclic) bond motifs is 1. The van der Waals surface area contributed by atoms with E-state index in [0.717, 1.165) is 11.1 Å². The molecule has 1 heterocycles. The molecule has 2 N–H and O–H groups in total. The standard InChI is InChI=1S/C18H17N3O3/c1-18(17(19)22,12-13-5-3-2-4-6-13)20-10-9-14-11-15(21(23)24)7-8-16(14)20/h2-11H,12H2,1H3,(H2,19,22). The average Bonchev–Trinajstić information content (AvgIpc) is 2.99. The van der Waals surface area contributed by atoms with E-state index in [1.165, 1.54) is 12.1 Å². The molecule has 122 valence electrons. The summed E-state index contributed by atoms with van der Waals surface area (Å²) in [5.41, 5.74) is 6.48. The van der Waals surface area contributed by atoms with E-state index in [1.54, 1.807) is 29.8 Å². The molecule has 0 aliphatic carbocycles. The maximum Gasteiger partial charge on any atom is 0.270 e. The van der Waals surface area contributed by atoms with Crippen LogP contribution in [0.2, 0.25) is 0 Å². The smallest absolute Gasteiger partial charge is 0.270 e. The first-order valence-corrected chi connectivity index (χ1v) is 7.51. The molecule has 6 nitrogen and oxygen atoms in total. The Balaban J connectivity index is 2.10. The fourth-order valence-corrected chi connectivity index (χ4v) is 2.96. The van der Waals surface area contributed by atoms with Crippen molar-refractivity contribution in [1.29, 1.82) is 0 Å². The van der Waals surface area contributed by atoms with Crippen LogP contribution in [0.1, 0.15) is 12.5 Å². The molecule has 1 aromatic heterocycles. The van der Waals surface area contributed by atoms with Crippen LogP contribution in [0.25, 0.3) is 10.9 Å². The van der Waals surface area contributed by atoms with Crippen LogP contribution in [0.3, 0.4) is 0 Å². The number of primary amides is 1. The summed E-state index contributed by atoms with van der Waals surface area (Å²) < 4.78 is 1.79. The van der Waals surface area contributed by atoms with Crippen molar-refractivity contribution in [2.24, 2.45) is 5.73 Å². The van der Waals surface area contributed by atoms with Gasteiger partial charge in [-0.05, 0) is 24.6 Å². The van der Waals surface area contributed by atoms with Crippen LogP contribution in [0.5, 0.6) is 0 Å². The maximum absolute atomic E-state index is 12.2. The molecule has 0 fully saturated rings. The van der Waals surface area contributed by atoms with Crippen LogP contribution in [-0.4, -0.2) is 15.4 Å². The van der Waals surface area contributed by atoms with Crippen LogP contribution in [0.15, 0.2) is 60.8 Å². The summed E-state index contributed by atoms with van der Waals surface area (Å²) in [7, 11) is 0. The second-order valence-corrected chi connectivity index (χ2v) is 5.99. The van der Waals surface area contributed by atoms with Crippen molar-refractivity contribution in [3.05, 3.63) is 76.5 Å². The Morgan fingerprint density at radius 2 is 1.92 bits per heavy atom. The summed E-state index contributed by atoms with van der Waals surface area (Å²) in [6.45, 7) is 1.78. The van der Waals surface area contributed by atoms with Gasteiger partial charge in [0.2, 0.25) is 5.91 Å². The zero-order chi connectivity index (χ0) is 17.3. The molecule has 6 heteroatoms. The van der Waals surface area contributed by atoms with Crippen molar-refractivity contribution >= 4 is 22.5 Å². The molecule has 0 spiro atoms. The molecular weight excluding hydrogens is 306 g/mol. The van der Waals surface area contributed by atoms with Crippen molar-refractivity contribution in [3.8, 4) is 0 Å². The lowest BCUT2D eigenvalue weighted by molar-refractivity contribution is -0.384. The number of nitro benzene ring substituents is 1. The molecule has 0 bridgehead atoms. The van der Waals surface area contributed by atoms with Gasteiger partial charge in [-0.25, -0.2) is 0 Å². The Labute approximate surface area is 138 Å². The molecule has 3 aromatic rings. The van der Waals surface area contributed by atoms with Crippen LogP contribution < -0.4 is 5.73 Å². The molecule has 2 aromatic carbocycles. The van der Waals surface area contributed by atoms with Gasteiger partial charge in [0.1, 0.15) is 5.54 Å². The number of carbonyl (C=O) groups is 1. The van der Waals surface area contributed by atoms with E-state index >= 15 is 0 Å². The van der Waals surface area contributed by atoms with Gasteiger partial charge in [0.25, 0.3) is 5.69 Å². The van der Waals surface area contributed by atoms with Crippen LogP contribution in [0.4, 0.5) is 5.69 Å². The Hall–Kier alpha value is -3.15. The third-order valence-corrected chi connectivity index (χ3v) is 4.34. The Kier molecular flexibility index (Phi) is 3.81. The van der Waals surface area contributed by atoms with Crippen LogP contribution >= 0.6 is 0 Å². The number of nitro groups is 1. The molecule has 3 rings (SSSR count). The summed E-state index contributed by atoms with van der Waals surface area (Å²) in [4.78, 5) is 22.7. The highest BCUT2D eigenvalue weighted by atomic mass is 16.6. The van der Waals surface area contributed by atoms with Gasteiger partial charge in [-0.2, -0.15) is 0 Å². The van der Waals surface area contributed by atoms with Crippen molar-refractivity contribution < 1.29 is 9.72 Å². The number of non-ortho nitro benzene ring substituents is 1. The molecule has 1 unspecified atom stereocenters. The van der Waals surface area contributed by atoms with Gasteiger partial charge in [-0.1, -0.05) is 30.3 Å². The largest absolute Gasteiger partial charge is 0.368 e. The summed E-state index contributed by atoms with van der Waals surface area (Å²) in [5.74, 6) is -0.456. The molecule has 0 aliphatic rings. The van der Waals surface area contributed by atoms with Gasteiger partial charge in [0.05, 0.1) is 4.92 Å². The first-order chi connectivity index (χ1) is 11.4. The lowest BCUT2D eigenvalue weighted by Crippen LogP contribution is -2.45. The van der Waals surface area contributed by atoms with Gasteiger partial charge in [-0.3, -0.25) is 14.9 Å². The fourth-order valence-electron chi connectivity index (χ4n) is 2.96. The van der Waals surface area contributed by atoms with Gasteiger partial charge >= 0.3 is 0 Å². The zero-order valence-electron chi connectivity index (χ0n) is 13.2. The highest BCUT2D eigenvalue weighted by Gasteiger charge is 2.34. The second-order valence-electron chi connectivity index (χ2n) is 5.99. The molecule has 0 radical (unpaired) electrons. The SMILES string of the molecule is CC(Cc1ccccc1)(C(N)=O)n1ccc2cc([N+](=O)[O-])ccc21. The second kappa shape index (κ2) is 5.81. The number of aromatic nitrogens is 1. The number of rotatable bonds is 5. The molecule has 24 heavy (non-hydrogen) atoms. The minimum absolute atomic E-state index is 0.0177. The van der Waals surface area contributed by atoms with E-state index in [2.05, 4.69) is 0 Å². The lowest BCUT2D eigenvalue weighted by atomic mass is 9.91. The third-order valence-electron chi connectivity index (χ3n) is 4.34. The summed E-state index contributed by atoms with van der Waals surface area (Å²) in [6, 6.07) is 16.0. The van der Waals surface area contributed by atoms with E-state index in [4.69, 9.17) is 5.73 Å². The van der Waals surface area contributed by atoms with Gasteiger partial charge in [0, 0.05) is 35.7 Å². The Morgan fingerprint density at radius 1 is 1.21 bits per heavy atom. The number of hydrogen-bond donors (Lipinski definition) is 1. The maximum atomic E-state index is 12.2. The molecule has 0 saturated heterocycles. The lowest BCUT2D eigenvalue weighted by Gasteiger charge is -2.29. The van der Waals surface area contributed by atoms with Crippen molar-refractivity contribution in [3.63, 3.8) is 0 Å². The van der Waals surface area contributed by atoms with Gasteiger partial charge < -0.3 is 10.3 Å². The van der Waals surface area contributed by atoms with Gasteiger partial charge in [-0.15, -0.1) is 0 Å². The number of nitrogens with two attached hydrogens (primary N) is 1. The van der Waals surface area contributed by atoms with Crippen LogP contribution in [-0.2, 0) is 16.8 Å². The number of amides is 1. The average molecular weight is 323 g/mol. The number of hydrogen-bond acceptors (Lipinski definition) is 3. The number of nitrogens with zero attached hydrogens (tertiary/aromatic N) is 2. The predicted molar refractivity (Wildman–Crippen MR) is 91.6 cm³/mol. The first-order valence-electron chi connectivity index (χ1n) is 7.51. The van der Waals surface area contributed by atoms with E-state index < -0.39 is 16.4 Å².